The molecule has 0 heterocycles. The van der Waals surface area contributed by atoms with Crippen LogP contribution in [-0.2, 0) is 14.3 Å². The van der Waals surface area contributed by atoms with Crippen molar-refractivity contribution >= 4 is 40.9 Å². The van der Waals surface area contributed by atoms with Crippen LogP contribution in [0.3, 0.4) is 0 Å². The standard InChI is InChI=1S/C25H22F2N2O4S/c1-15-10-12-17(13-11-15)28-22(30)14-34-21-9-4-3-6-18(21)25(32)33-16(2)24(31)29-23-19(26)7-5-8-20(23)27/h3-13,16H,14H2,1-2H3,(H,28,30)(H,29,31). The van der Waals surface area contributed by atoms with Gasteiger partial charge in [0.15, 0.2) is 6.10 Å². The van der Waals surface area contributed by atoms with Gasteiger partial charge < -0.3 is 15.4 Å². The van der Waals surface area contributed by atoms with Gasteiger partial charge in [-0.1, -0.05) is 35.9 Å². The number of anilines is 2. The van der Waals surface area contributed by atoms with Gasteiger partial charge in [0.05, 0.1) is 11.3 Å². The van der Waals surface area contributed by atoms with Crippen molar-refractivity contribution in [3.8, 4) is 0 Å². The topological polar surface area (TPSA) is 84.5 Å². The number of halogens is 2. The normalized spacial score (nSPS) is 11.4. The zero-order chi connectivity index (χ0) is 24.7. The van der Waals surface area contributed by atoms with Crippen molar-refractivity contribution in [1.29, 1.82) is 0 Å². The molecule has 0 radical (unpaired) electrons. The minimum absolute atomic E-state index is 0.0424. The largest absolute Gasteiger partial charge is 0.449 e. The van der Waals surface area contributed by atoms with E-state index in [1.807, 2.05) is 19.1 Å². The molecule has 0 aliphatic heterocycles. The molecular weight excluding hydrogens is 462 g/mol. The minimum Gasteiger partial charge on any atom is -0.449 e. The molecule has 0 spiro atoms. The quantitative estimate of drug-likeness (QED) is 0.340. The molecule has 0 saturated heterocycles. The number of amides is 2. The lowest BCUT2D eigenvalue weighted by Gasteiger charge is -2.15. The number of para-hydroxylation sites is 1. The van der Waals surface area contributed by atoms with Gasteiger partial charge in [-0.3, -0.25) is 9.59 Å². The molecule has 34 heavy (non-hydrogen) atoms. The monoisotopic (exact) mass is 484 g/mol. The maximum Gasteiger partial charge on any atom is 0.340 e. The number of rotatable bonds is 8. The molecule has 6 nitrogen and oxygen atoms in total. The predicted octanol–water partition coefficient (Wildman–Crippen LogP) is 5.19. The van der Waals surface area contributed by atoms with Crippen molar-refractivity contribution in [2.75, 3.05) is 16.4 Å². The molecule has 0 aliphatic carbocycles. The fraction of sp³-hybridized carbons (Fsp3) is 0.160. The van der Waals surface area contributed by atoms with E-state index < -0.39 is 35.3 Å². The van der Waals surface area contributed by atoms with Crippen LogP contribution >= 0.6 is 11.8 Å². The van der Waals surface area contributed by atoms with Gasteiger partial charge in [-0.05, 0) is 50.2 Å². The van der Waals surface area contributed by atoms with Crippen LogP contribution in [0, 0.1) is 18.6 Å². The summed E-state index contributed by atoms with van der Waals surface area (Å²) in [6.07, 6.45) is -1.32. The first kappa shape index (κ1) is 24.9. The van der Waals surface area contributed by atoms with Crippen LogP contribution in [0.4, 0.5) is 20.2 Å². The fourth-order valence-corrected chi connectivity index (χ4v) is 3.70. The van der Waals surface area contributed by atoms with E-state index in [4.69, 9.17) is 4.74 Å². The zero-order valence-electron chi connectivity index (χ0n) is 18.4. The molecule has 3 rings (SSSR count). The third kappa shape index (κ3) is 6.64. The Labute approximate surface area is 199 Å². The first-order valence-corrected chi connectivity index (χ1v) is 11.3. The molecule has 3 aromatic rings. The highest BCUT2D eigenvalue weighted by Gasteiger charge is 2.23. The van der Waals surface area contributed by atoms with Gasteiger partial charge in [-0.25, -0.2) is 13.6 Å². The summed E-state index contributed by atoms with van der Waals surface area (Å²) < 4.78 is 32.7. The van der Waals surface area contributed by atoms with E-state index in [1.54, 1.807) is 30.3 Å². The molecule has 0 aromatic heterocycles. The highest BCUT2D eigenvalue weighted by Crippen LogP contribution is 2.24. The zero-order valence-corrected chi connectivity index (χ0v) is 19.2. The number of ether oxygens (including phenoxy) is 1. The van der Waals surface area contributed by atoms with E-state index in [0.29, 0.717) is 10.6 Å². The molecule has 3 aromatic carbocycles. The smallest absolute Gasteiger partial charge is 0.340 e. The second kappa shape index (κ2) is 11.4. The van der Waals surface area contributed by atoms with Crippen molar-refractivity contribution < 1.29 is 27.9 Å². The summed E-state index contributed by atoms with van der Waals surface area (Å²) >= 11 is 1.14. The molecule has 0 bridgehead atoms. The second-order valence-electron chi connectivity index (χ2n) is 7.33. The van der Waals surface area contributed by atoms with Crippen molar-refractivity contribution in [2.24, 2.45) is 0 Å². The molecule has 0 aliphatic rings. The molecular formula is C25H22F2N2O4S. The lowest BCUT2D eigenvalue weighted by Crippen LogP contribution is -2.30. The molecule has 176 valence electrons. The van der Waals surface area contributed by atoms with Crippen LogP contribution < -0.4 is 10.6 Å². The third-order valence-corrected chi connectivity index (χ3v) is 5.74. The Morgan fingerprint density at radius 3 is 2.24 bits per heavy atom. The van der Waals surface area contributed by atoms with Crippen LogP contribution in [0.5, 0.6) is 0 Å². The highest BCUT2D eigenvalue weighted by molar-refractivity contribution is 8.00. The van der Waals surface area contributed by atoms with Gasteiger partial charge >= 0.3 is 5.97 Å². The van der Waals surface area contributed by atoms with E-state index in [2.05, 4.69) is 10.6 Å². The molecule has 1 atom stereocenters. The van der Waals surface area contributed by atoms with Gasteiger partial charge in [0, 0.05) is 10.6 Å². The van der Waals surface area contributed by atoms with Crippen LogP contribution in [0.15, 0.2) is 71.6 Å². The first-order valence-electron chi connectivity index (χ1n) is 10.3. The molecule has 2 amide bonds. The van der Waals surface area contributed by atoms with Gasteiger partial charge in [0.1, 0.15) is 17.3 Å². The molecule has 0 saturated carbocycles. The number of carbonyl (C=O) groups is 3. The predicted molar refractivity (Wildman–Crippen MR) is 127 cm³/mol. The fourth-order valence-electron chi connectivity index (χ4n) is 2.86. The number of carbonyl (C=O) groups excluding carboxylic acids is 3. The summed E-state index contributed by atoms with van der Waals surface area (Å²) in [5.41, 5.74) is 1.27. The van der Waals surface area contributed by atoms with E-state index >= 15 is 0 Å². The summed E-state index contributed by atoms with van der Waals surface area (Å²) in [6.45, 7) is 3.23. The van der Waals surface area contributed by atoms with E-state index in [0.717, 1.165) is 29.5 Å². The van der Waals surface area contributed by atoms with E-state index in [1.165, 1.54) is 19.1 Å². The molecule has 1 unspecified atom stereocenters. The number of benzene rings is 3. The van der Waals surface area contributed by atoms with E-state index in [9.17, 15) is 23.2 Å². The molecule has 2 N–H and O–H groups in total. The van der Waals surface area contributed by atoms with Gasteiger partial charge in [-0.2, -0.15) is 0 Å². The summed E-state index contributed by atoms with van der Waals surface area (Å²) in [5, 5.41) is 4.87. The lowest BCUT2D eigenvalue weighted by atomic mass is 10.2. The summed E-state index contributed by atoms with van der Waals surface area (Å²) in [7, 11) is 0. The Morgan fingerprint density at radius 1 is 0.912 bits per heavy atom. The Kier molecular flexibility index (Phi) is 8.37. The average molecular weight is 485 g/mol. The Morgan fingerprint density at radius 2 is 1.56 bits per heavy atom. The van der Waals surface area contributed by atoms with Gasteiger partial charge in [0.2, 0.25) is 5.91 Å². The number of hydrogen-bond acceptors (Lipinski definition) is 5. The van der Waals surface area contributed by atoms with Crippen LogP contribution in [-0.4, -0.2) is 29.6 Å². The lowest BCUT2D eigenvalue weighted by molar-refractivity contribution is -0.123. The Bertz CT molecular complexity index is 1180. The minimum atomic E-state index is -1.32. The van der Waals surface area contributed by atoms with Crippen LogP contribution in [0.2, 0.25) is 0 Å². The SMILES string of the molecule is Cc1ccc(NC(=O)CSc2ccccc2C(=O)OC(C)C(=O)Nc2c(F)cccc2F)cc1. The average Bonchev–Trinajstić information content (AvgIpc) is 2.81. The summed E-state index contributed by atoms with van der Waals surface area (Å²) in [4.78, 5) is 37.7. The maximum atomic E-state index is 13.8. The number of nitrogens with one attached hydrogen (secondary N) is 2. The van der Waals surface area contributed by atoms with Crippen LogP contribution in [0.25, 0.3) is 0 Å². The number of hydrogen-bond donors (Lipinski definition) is 2. The number of aryl methyl sites for hydroxylation is 1. The Hall–Kier alpha value is -3.72. The Balaban J connectivity index is 1.60. The van der Waals surface area contributed by atoms with Crippen molar-refractivity contribution in [1.82, 2.24) is 0 Å². The number of thioether (sulfide) groups is 1. The highest BCUT2D eigenvalue weighted by atomic mass is 32.2. The second-order valence-corrected chi connectivity index (χ2v) is 8.35. The van der Waals surface area contributed by atoms with Gasteiger partial charge in [-0.15, -0.1) is 11.8 Å². The summed E-state index contributed by atoms with van der Waals surface area (Å²) in [6, 6.07) is 17.0. The van der Waals surface area contributed by atoms with Gasteiger partial charge in [0.25, 0.3) is 5.91 Å². The third-order valence-electron chi connectivity index (χ3n) is 4.67. The number of esters is 1. The van der Waals surface area contributed by atoms with Crippen molar-refractivity contribution in [2.45, 2.75) is 24.8 Å². The summed E-state index contributed by atoms with van der Waals surface area (Å²) in [5.74, 6) is -3.80. The van der Waals surface area contributed by atoms with Crippen LogP contribution in [0.1, 0.15) is 22.8 Å². The first-order chi connectivity index (χ1) is 16.2. The van der Waals surface area contributed by atoms with Crippen molar-refractivity contribution in [3.05, 3.63) is 89.5 Å². The van der Waals surface area contributed by atoms with E-state index in [-0.39, 0.29) is 17.2 Å². The maximum absolute atomic E-state index is 13.8. The molecule has 9 heteroatoms. The van der Waals surface area contributed by atoms with Crippen molar-refractivity contribution in [3.63, 3.8) is 0 Å². The molecule has 0 fully saturated rings.